The average Bonchev–Trinajstić information content (AvgIpc) is 2.91. The van der Waals surface area contributed by atoms with Gasteiger partial charge in [0, 0.05) is 26.1 Å². The number of nitrogens with zero attached hydrogens (tertiary/aromatic N) is 1. The minimum Gasteiger partial charge on any atom is -0.469 e. The van der Waals surface area contributed by atoms with Crippen LogP contribution in [0.5, 0.6) is 0 Å². The Labute approximate surface area is 116 Å². The Balaban J connectivity index is 2.20. The highest BCUT2D eigenvalue weighted by Crippen LogP contribution is 2.00. The van der Waals surface area contributed by atoms with Gasteiger partial charge in [-0.25, -0.2) is 0 Å². The Morgan fingerprint density at radius 2 is 2.11 bits per heavy atom. The molecular formula is C15H27N3O. The van der Waals surface area contributed by atoms with Crippen LogP contribution in [0.4, 0.5) is 0 Å². The number of guanidine groups is 1. The molecule has 0 aromatic carbocycles. The van der Waals surface area contributed by atoms with Crippen molar-refractivity contribution in [2.75, 3.05) is 19.6 Å². The molecule has 1 rings (SSSR count). The van der Waals surface area contributed by atoms with Crippen molar-refractivity contribution in [3.63, 3.8) is 0 Å². The Bertz CT molecular complexity index is 333. The fraction of sp³-hybridized carbons (Fsp3) is 0.667. The Hall–Kier alpha value is -1.45. The fourth-order valence-electron chi connectivity index (χ4n) is 1.83. The van der Waals surface area contributed by atoms with Gasteiger partial charge >= 0.3 is 0 Å². The molecule has 1 aromatic rings. The van der Waals surface area contributed by atoms with Gasteiger partial charge in [0.15, 0.2) is 5.96 Å². The van der Waals surface area contributed by atoms with E-state index >= 15 is 0 Å². The van der Waals surface area contributed by atoms with E-state index < -0.39 is 0 Å². The van der Waals surface area contributed by atoms with Crippen molar-refractivity contribution < 1.29 is 4.42 Å². The zero-order chi connectivity index (χ0) is 13.8. The molecule has 0 atom stereocenters. The van der Waals surface area contributed by atoms with E-state index in [9.17, 15) is 0 Å². The van der Waals surface area contributed by atoms with Crippen LogP contribution in [-0.4, -0.2) is 25.6 Å². The van der Waals surface area contributed by atoms with E-state index in [4.69, 9.17) is 4.42 Å². The molecule has 4 heteroatoms. The van der Waals surface area contributed by atoms with E-state index in [2.05, 4.69) is 29.5 Å². The molecule has 0 aliphatic heterocycles. The number of nitrogens with one attached hydrogen (secondary N) is 2. The summed E-state index contributed by atoms with van der Waals surface area (Å²) in [6.07, 6.45) is 7.60. The molecule has 0 spiro atoms. The average molecular weight is 265 g/mol. The summed E-state index contributed by atoms with van der Waals surface area (Å²) in [6.45, 7) is 6.94. The molecule has 0 unspecified atom stereocenters. The molecule has 0 fully saturated rings. The van der Waals surface area contributed by atoms with Crippen LogP contribution in [0, 0.1) is 0 Å². The quantitative estimate of drug-likeness (QED) is 0.410. The summed E-state index contributed by atoms with van der Waals surface area (Å²) in [5.74, 6) is 1.91. The lowest BCUT2D eigenvalue weighted by atomic mass is 10.2. The minimum absolute atomic E-state index is 0.842. The van der Waals surface area contributed by atoms with Gasteiger partial charge in [-0.15, -0.1) is 0 Å². The summed E-state index contributed by atoms with van der Waals surface area (Å²) >= 11 is 0. The third-order valence-corrected chi connectivity index (χ3v) is 2.87. The van der Waals surface area contributed by atoms with E-state index in [0.29, 0.717) is 0 Å². The van der Waals surface area contributed by atoms with Crippen molar-refractivity contribution in [1.29, 1.82) is 0 Å². The van der Waals surface area contributed by atoms with Crippen molar-refractivity contribution in [2.45, 2.75) is 46.0 Å². The van der Waals surface area contributed by atoms with Gasteiger partial charge in [0.2, 0.25) is 0 Å². The lowest BCUT2D eigenvalue weighted by Crippen LogP contribution is -2.38. The standard InChI is InChI=1S/C15H27N3O/c1-3-5-6-7-11-17-15(16-4-2)18-12-10-14-9-8-13-19-14/h8-9,13H,3-7,10-12H2,1-2H3,(H2,16,17,18). The van der Waals surface area contributed by atoms with Crippen molar-refractivity contribution in [3.8, 4) is 0 Å². The van der Waals surface area contributed by atoms with Gasteiger partial charge in [0.05, 0.1) is 6.26 Å². The van der Waals surface area contributed by atoms with Gasteiger partial charge in [0.1, 0.15) is 5.76 Å². The number of furan rings is 1. The van der Waals surface area contributed by atoms with Gasteiger partial charge in [-0.1, -0.05) is 26.2 Å². The SMILES string of the molecule is CCCCCCN=C(NCC)NCCc1ccco1. The highest BCUT2D eigenvalue weighted by Gasteiger charge is 1.98. The maximum absolute atomic E-state index is 5.30. The molecule has 0 bridgehead atoms. The second kappa shape index (κ2) is 10.5. The Morgan fingerprint density at radius 1 is 1.21 bits per heavy atom. The van der Waals surface area contributed by atoms with Gasteiger partial charge in [-0.2, -0.15) is 0 Å². The second-order valence-corrected chi connectivity index (χ2v) is 4.58. The van der Waals surface area contributed by atoms with Crippen LogP contribution in [0.25, 0.3) is 0 Å². The normalized spacial score (nSPS) is 11.6. The smallest absolute Gasteiger partial charge is 0.191 e. The van der Waals surface area contributed by atoms with Crippen LogP contribution in [0.3, 0.4) is 0 Å². The van der Waals surface area contributed by atoms with Crippen LogP contribution in [-0.2, 0) is 6.42 Å². The monoisotopic (exact) mass is 265 g/mol. The minimum atomic E-state index is 0.842. The van der Waals surface area contributed by atoms with Crippen molar-refractivity contribution in [1.82, 2.24) is 10.6 Å². The number of aliphatic imine (C=N–C) groups is 1. The molecule has 1 aromatic heterocycles. The molecule has 0 saturated heterocycles. The zero-order valence-electron chi connectivity index (χ0n) is 12.2. The van der Waals surface area contributed by atoms with Crippen LogP contribution < -0.4 is 10.6 Å². The number of hydrogen-bond donors (Lipinski definition) is 2. The maximum atomic E-state index is 5.30. The summed E-state index contributed by atoms with van der Waals surface area (Å²) in [5.41, 5.74) is 0. The first-order valence-corrected chi connectivity index (χ1v) is 7.41. The van der Waals surface area contributed by atoms with Gasteiger partial charge < -0.3 is 15.1 Å². The Morgan fingerprint density at radius 3 is 2.79 bits per heavy atom. The predicted octanol–water partition coefficient (Wildman–Crippen LogP) is 2.96. The largest absolute Gasteiger partial charge is 0.469 e. The lowest BCUT2D eigenvalue weighted by molar-refractivity contribution is 0.507. The van der Waals surface area contributed by atoms with Gasteiger partial charge in [0.25, 0.3) is 0 Å². The summed E-state index contributed by atoms with van der Waals surface area (Å²) < 4.78 is 5.30. The first-order valence-electron chi connectivity index (χ1n) is 7.41. The molecule has 2 N–H and O–H groups in total. The van der Waals surface area contributed by atoms with Crippen molar-refractivity contribution in [2.24, 2.45) is 4.99 Å². The number of rotatable bonds is 9. The summed E-state index contributed by atoms with van der Waals surface area (Å²) in [7, 11) is 0. The van der Waals surface area contributed by atoms with Crippen LogP contribution >= 0.6 is 0 Å². The molecule has 0 aliphatic rings. The summed E-state index contributed by atoms with van der Waals surface area (Å²) in [4.78, 5) is 4.57. The molecule has 0 amide bonds. The lowest BCUT2D eigenvalue weighted by Gasteiger charge is -2.10. The molecule has 0 saturated carbocycles. The van der Waals surface area contributed by atoms with E-state index in [1.165, 1.54) is 25.7 Å². The van der Waals surface area contributed by atoms with Crippen LogP contribution in [0.1, 0.15) is 45.3 Å². The van der Waals surface area contributed by atoms with Crippen LogP contribution in [0.15, 0.2) is 27.8 Å². The molecule has 108 valence electrons. The number of hydrogen-bond acceptors (Lipinski definition) is 2. The highest BCUT2D eigenvalue weighted by atomic mass is 16.3. The highest BCUT2D eigenvalue weighted by molar-refractivity contribution is 5.79. The predicted molar refractivity (Wildman–Crippen MR) is 80.5 cm³/mol. The van der Waals surface area contributed by atoms with Gasteiger partial charge in [-0.3, -0.25) is 4.99 Å². The molecule has 4 nitrogen and oxygen atoms in total. The van der Waals surface area contributed by atoms with Crippen LogP contribution in [0.2, 0.25) is 0 Å². The van der Waals surface area contributed by atoms with E-state index in [-0.39, 0.29) is 0 Å². The van der Waals surface area contributed by atoms with Crippen molar-refractivity contribution in [3.05, 3.63) is 24.2 Å². The molecular weight excluding hydrogens is 238 g/mol. The number of unbranched alkanes of at least 4 members (excludes halogenated alkanes) is 3. The third-order valence-electron chi connectivity index (χ3n) is 2.87. The molecule has 0 radical (unpaired) electrons. The molecule has 1 heterocycles. The first-order chi connectivity index (χ1) is 9.36. The fourth-order valence-corrected chi connectivity index (χ4v) is 1.83. The maximum Gasteiger partial charge on any atom is 0.191 e. The summed E-state index contributed by atoms with van der Waals surface area (Å²) in [6, 6.07) is 3.92. The van der Waals surface area contributed by atoms with Gasteiger partial charge in [-0.05, 0) is 25.5 Å². The Kier molecular flexibility index (Phi) is 8.60. The first kappa shape index (κ1) is 15.6. The third kappa shape index (κ3) is 7.54. The van der Waals surface area contributed by atoms with Crippen molar-refractivity contribution >= 4 is 5.96 Å². The second-order valence-electron chi connectivity index (χ2n) is 4.58. The van der Waals surface area contributed by atoms with E-state index in [1.54, 1.807) is 6.26 Å². The molecule has 19 heavy (non-hydrogen) atoms. The topological polar surface area (TPSA) is 49.6 Å². The van der Waals surface area contributed by atoms with E-state index in [0.717, 1.165) is 37.8 Å². The van der Waals surface area contributed by atoms with E-state index in [1.807, 2.05) is 12.1 Å². The summed E-state index contributed by atoms with van der Waals surface area (Å²) in [5, 5.41) is 6.59. The zero-order valence-corrected chi connectivity index (χ0v) is 12.2. The molecule has 0 aliphatic carbocycles.